The number of aliphatic carboxylic acids is 1. The van der Waals surface area contributed by atoms with Crippen molar-refractivity contribution in [3.05, 3.63) is 59.7 Å². The zero-order chi connectivity index (χ0) is 24.1. The average molecular weight is 465 g/mol. The van der Waals surface area contributed by atoms with E-state index < -0.39 is 18.1 Å². The molecule has 0 radical (unpaired) electrons. The summed E-state index contributed by atoms with van der Waals surface area (Å²) in [4.78, 5) is 38.0. The summed E-state index contributed by atoms with van der Waals surface area (Å²) < 4.78 is 5.64. The van der Waals surface area contributed by atoms with Crippen molar-refractivity contribution in [3.8, 4) is 11.1 Å². The van der Waals surface area contributed by atoms with Gasteiger partial charge in [0.1, 0.15) is 12.6 Å². The van der Waals surface area contributed by atoms with Crippen LogP contribution in [0.1, 0.15) is 55.6 Å². The minimum Gasteiger partial charge on any atom is -0.481 e. The van der Waals surface area contributed by atoms with Crippen LogP contribution in [0.4, 0.5) is 4.79 Å². The number of unbranched alkanes of at least 4 members (excludes halogenated alkanes) is 1. The number of nitrogens with one attached hydrogen (secondary N) is 1. The van der Waals surface area contributed by atoms with Crippen LogP contribution in [0.5, 0.6) is 0 Å². The second-order valence-corrected chi connectivity index (χ2v) is 9.31. The van der Waals surface area contributed by atoms with Crippen molar-refractivity contribution < 1.29 is 24.2 Å². The molecule has 4 rings (SSSR count). The third kappa shape index (κ3) is 5.76. The van der Waals surface area contributed by atoms with Crippen molar-refractivity contribution in [1.29, 1.82) is 0 Å². The van der Waals surface area contributed by atoms with Gasteiger partial charge in [0.2, 0.25) is 5.91 Å². The van der Waals surface area contributed by atoms with Crippen molar-refractivity contribution in [2.75, 3.05) is 20.2 Å². The fourth-order valence-electron chi connectivity index (χ4n) is 4.69. The number of rotatable bonds is 11. The zero-order valence-corrected chi connectivity index (χ0v) is 19.5. The minimum atomic E-state index is -0.836. The maximum atomic E-state index is 13.0. The summed E-state index contributed by atoms with van der Waals surface area (Å²) in [5.41, 5.74) is 4.61. The predicted octanol–water partition coefficient (Wildman–Crippen LogP) is 4.41. The van der Waals surface area contributed by atoms with Crippen molar-refractivity contribution in [2.24, 2.45) is 5.92 Å². The number of hydrogen-bond donors (Lipinski definition) is 2. The van der Waals surface area contributed by atoms with E-state index in [4.69, 9.17) is 9.84 Å². The molecule has 34 heavy (non-hydrogen) atoms. The molecule has 7 nitrogen and oxygen atoms in total. The Kier molecular flexibility index (Phi) is 7.50. The van der Waals surface area contributed by atoms with Crippen LogP contribution in [0.25, 0.3) is 11.1 Å². The van der Waals surface area contributed by atoms with E-state index in [0.29, 0.717) is 31.7 Å². The average Bonchev–Trinajstić information content (AvgIpc) is 3.59. The Bertz CT molecular complexity index is 1000. The van der Waals surface area contributed by atoms with Crippen LogP contribution in [-0.4, -0.2) is 54.2 Å². The van der Waals surface area contributed by atoms with Gasteiger partial charge in [0.15, 0.2) is 0 Å². The number of carboxylic acids is 1. The first-order valence-electron chi connectivity index (χ1n) is 12.0. The minimum absolute atomic E-state index is 0.0346. The molecule has 0 unspecified atom stereocenters. The van der Waals surface area contributed by atoms with Gasteiger partial charge in [-0.15, -0.1) is 0 Å². The SMILES string of the molecule is CN(CCCCC(=O)O)C(=O)[C@H](CC1CC1)NC(=O)OCC1c2ccccc2-c2ccccc21. The molecule has 2 aliphatic rings. The molecule has 0 spiro atoms. The summed E-state index contributed by atoms with van der Waals surface area (Å²) in [7, 11) is 1.70. The monoisotopic (exact) mass is 464 g/mol. The van der Waals surface area contributed by atoms with Crippen LogP contribution >= 0.6 is 0 Å². The Hall–Kier alpha value is -3.35. The Morgan fingerprint density at radius 2 is 1.65 bits per heavy atom. The molecular formula is C27H32N2O5. The fourth-order valence-corrected chi connectivity index (χ4v) is 4.69. The first kappa shape index (κ1) is 23.8. The summed E-state index contributed by atoms with van der Waals surface area (Å²) in [6.45, 7) is 0.662. The highest BCUT2D eigenvalue weighted by molar-refractivity contribution is 5.85. The summed E-state index contributed by atoms with van der Waals surface area (Å²) in [5.74, 6) is -0.580. The van der Waals surface area contributed by atoms with E-state index in [1.807, 2.05) is 24.3 Å². The van der Waals surface area contributed by atoms with Crippen LogP contribution in [0, 0.1) is 5.92 Å². The van der Waals surface area contributed by atoms with Gasteiger partial charge < -0.3 is 20.1 Å². The number of alkyl carbamates (subject to hydrolysis) is 1. The molecule has 2 aromatic rings. The molecule has 0 heterocycles. The van der Waals surface area contributed by atoms with Crippen LogP contribution in [-0.2, 0) is 14.3 Å². The molecular weight excluding hydrogens is 432 g/mol. The number of nitrogens with zero attached hydrogens (tertiary/aromatic N) is 1. The van der Waals surface area contributed by atoms with Crippen LogP contribution in [0.2, 0.25) is 0 Å². The number of fused-ring (bicyclic) bond motifs is 3. The van der Waals surface area contributed by atoms with Crippen LogP contribution in [0.15, 0.2) is 48.5 Å². The van der Waals surface area contributed by atoms with E-state index >= 15 is 0 Å². The third-order valence-corrected chi connectivity index (χ3v) is 6.71. The van der Waals surface area contributed by atoms with Crippen LogP contribution < -0.4 is 5.32 Å². The summed E-state index contributed by atoms with van der Waals surface area (Å²) in [6.07, 6.45) is 3.36. The standard InChI is InChI=1S/C27H32N2O5/c1-29(15-7-6-12-25(30)31)26(32)24(16-18-13-14-18)28-27(33)34-17-23-21-10-4-2-8-19(21)20-9-3-5-11-22(20)23/h2-5,8-11,18,23-24H,6-7,12-17H2,1H3,(H,28,33)(H,30,31)/t24-/m0/s1. The molecule has 2 amide bonds. The number of carbonyl (C=O) groups excluding carboxylic acids is 2. The van der Waals surface area contributed by atoms with E-state index in [1.165, 1.54) is 11.1 Å². The van der Waals surface area contributed by atoms with Gasteiger partial charge in [-0.3, -0.25) is 9.59 Å². The lowest BCUT2D eigenvalue weighted by atomic mass is 9.98. The fraction of sp³-hybridized carbons (Fsp3) is 0.444. The first-order chi connectivity index (χ1) is 16.4. The van der Waals surface area contributed by atoms with E-state index in [1.54, 1.807) is 11.9 Å². The number of carbonyl (C=O) groups is 3. The molecule has 0 bridgehead atoms. The largest absolute Gasteiger partial charge is 0.481 e. The topological polar surface area (TPSA) is 95.9 Å². The summed E-state index contributed by atoms with van der Waals surface area (Å²) in [6, 6.07) is 15.7. The molecule has 2 aromatic carbocycles. The summed E-state index contributed by atoms with van der Waals surface area (Å²) >= 11 is 0. The van der Waals surface area contributed by atoms with E-state index in [9.17, 15) is 14.4 Å². The highest BCUT2D eigenvalue weighted by atomic mass is 16.5. The molecule has 0 aliphatic heterocycles. The predicted molar refractivity (Wildman–Crippen MR) is 128 cm³/mol. The molecule has 0 aromatic heterocycles. The lowest BCUT2D eigenvalue weighted by Gasteiger charge is -2.25. The summed E-state index contributed by atoms with van der Waals surface area (Å²) in [5, 5.41) is 11.6. The Morgan fingerprint density at radius 3 is 2.24 bits per heavy atom. The molecule has 0 saturated heterocycles. The van der Waals surface area contributed by atoms with Crippen molar-refractivity contribution in [2.45, 2.75) is 50.5 Å². The van der Waals surface area contributed by atoms with Gasteiger partial charge in [-0.1, -0.05) is 61.4 Å². The number of carboxylic acid groups (broad SMARTS) is 1. The van der Waals surface area contributed by atoms with Gasteiger partial charge in [0.05, 0.1) is 0 Å². The number of likely N-dealkylation sites (N-methyl/N-ethyl adjacent to an activating group) is 1. The lowest BCUT2D eigenvalue weighted by molar-refractivity contribution is -0.137. The molecule has 7 heteroatoms. The molecule has 1 fully saturated rings. The number of benzene rings is 2. The maximum absolute atomic E-state index is 13.0. The van der Waals surface area contributed by atoms with Gasteiger partial charge >= 0.3 is 12.1 Å². The van der Waals surface area contributed by atoms with Gasteiger partial charge in [-0.05, 0) is 47.4 Å². The molecule has 2 aliphatic carbocycles. The normalized spacial score (nSPS) is 15.2. The van der Waals surface area contributed by atoms with Crippen molar-refractivity contribution in [1.82, 2.24) is 10.2 Å². The van der Waals surface area contributed by atoms with Gasteiger partial charge in [-0.25, -0.2) is 4.79 Å². The molecule has 180 valence electrons. The lowest BCUT2D eigenvalue weighted by Crippen LogP contribution is -2.48. The first-order valence-corrected chi connectivity index (χ1v) is 12.0. The van der Waals surface area contributed by atoms with Gasteiger partial charge in [0, 0.05) is 25.9 Å². The van der Waals surface area contributed by atoms with E-state index in [-0.39, 0.29) is 24.9 Å². The highest BCUT2D eigenvalue weighted by Gasteiger charge is 2.33. The van der Waals surface area contributed by atoms with Gasteiger partial charge in [0.25, 0.3) is 0 Å². The highest BCUT2D eigenvalue weighted by Crippen LogP contribution is 2.44. The number of hydrogen-bond acceptors (Lipinski definition) is 4. The quantitative estimate of drug-likeness (QED) is 0.481. The van der Waals surface area contributed by atoms with E-state index in [0.717, 1.165) is 24.0 Å². The Labute approximate surface area is 200 Å². The third-order valence-electron chi connectivity index (χ3n) is 6.71. The molecule has 1 atom stereocenters. The Balaban J connectivity index is 1.34. The van der Waals surface area contributed by atoms with Gasteiger partial charge in [-0.2, -0.15) is 0 Å². The smallest absolute Gasteiger partial charge is 0.407 e. The number of ether oxygens (including phenoxy) is 1. The maximum Gasteiger partial charge on any atom is 0.407 e. The molecule has 2 N–H and O–H groups in total. The number of amides is 2. The second-order valence-electron chi connectivity index (χ2n) is 9.31. The van der Waals surface area contributed by atoms with Crippen LogP contribution in [0.3, 0.4) is 0 Å². The second kappa shape index (κ2) is 10.7. The zero-order valence-electron chi connectivity index (χ0n) is 19.5. The molecule has 1 saturated carbocycles. The van der Waals surface area contributed by atoms with Crippen molar-refractivity contribution >= 4 is 18.0 Å². The Morgan fingerprint density at radius 1 is 1.03 bits per heavy atom. The van der Waals surface area contributed by atoms with E-state index in [2.05, 4.69) is 29.6 Å². The van der Waals surface area contributed by atoms with Crippen molar-refractivity contribution in [3.63, 3.8) is 0 Å².